The van der Waals surface area contributed by atoms with Gasteiger partial charge in [-0.25, -0.2) is 0 Å². The van der Waals surface area contributed by atoms with Crippen molar-refractivity contribution in [3.05, 3.63) is 23.2 Å². The van der Waals surface area contributed by atoms with E-state index in [1.54, 1.807) is 11.3 Å². The highest BCUT2D eigenvalue weighted by Crippen LogP contribution is 2.23. The van der Waals surface area contributed by atoms with Crippen LogP contribution in [0, 0.1) is 11.3 Å². The lowest BCUT2D eigenvalue weighted by Gasteiger charge is -1.90. The van der Waals surface area contributed by atoms with E-state index in [9.17, 15) is 0 Å². The lowest BCUT2D eigenvalue weighted by Crippen LogP contribution is -1.88. The van der Waals surface area contributed by atoms with E-state index in [0.29, 0.717) is 0 Å². The molecular formula is C8H6N2S. The highest BCUT2D eigenvalue weighted by atomic mass is 32.1. The fourth-order valence-corrected chi connectivity index (χ4v) is 2.02. The van der Waals surface area contributed by atoms with Crippen LogP contribution in [0.4, 0.5) is 0 Å². The molecule has 0 amide bonds. The molecule has 0 atom stereocenters. The van der Waals surface area contributed by atoms with Gasteiger partial charge in [-0.15, -0.1) is 11.3 Å². The van der Waals surface area contributed by atoms with Gasteiger partial charge in [0.2, 0.25) is 0 Å². The lowest BCUT2D eigenvalue weighted by molar-refractivity contribution is 0.955. The summed E-state index contributed by atoms with van der Waals surface area (Å²) in [7, 11) is 1.91. The van der Waals surface area contributed by atoms with Gasteiger partial charge in [-0.1, -0.05) is 0 Å². The van der Waals surface area contributed by atoms with Gasteiger partial charge in [0, 0.05) is 12.4 Å². The molecule has 0 aliphatic rings. The maximum Gasteiger partial charge on any atom is 0.121 e. The molecule has 54 valence electrons. The molecule has 0 aliphatic heterocycles. The van der Waals surface area contributed by atoms with Crippen molar-refractivity contribution in [1.29, 1.82) is 5.26 Å². The van der Waals surface area contributed by atoms with Crippen molar-refractivity contribution in [2.75, 3.05) is 0 Å². The molecule has 0 spiro atoms. The van der Waals surface area contributed by atoms with Crippen molar-refractivity contribution in [2.24, 2.45) is 7.05 Å². The largest absolute Gasteiger partial charge is 0.327 e. The number of hydrogen-bond acceptors (Lipinski definition) is 2. The molecule has 2 heterocycles. The van der Waals surface area contributed by atoms with Crippen LogP contribution in [0.25, 0.3) is 10.2 Å². The maximum absolute atomic E-state index is 8.67. The molecular weight excluding hydrogens is 156 g/mol. The van der Waals surface area contributed by atoms with Gasteiger partial charge >= 0.3 is 0 Å². The van der Waals surface area contributed by atoms with Gasteiger partial charge in [0.15, 0.2) is 0 Å². The monoisotopic (exact) mass is 162 g/mol. The lowest BCUT2D eigenvalue weighted by atomic mass is 10.4. The summed E-state index contributed by atoms with van der Waals surface area (Å²) < 4.78 is 1.92. The summed E-state index contributed by atoms with van der Waals surface area (Å²) in [6.45, 7) is 0. The number of fused-ring (bicyclic) bond motifs is 1. The zero-order valence-corrected chi connectivity index (χ0v) is 6.85. The molecule has 0 radical (unpaired) electrons. The standard InChI is InChI=1S/C8H6N2S/c1-10-7(5-9)4-6-2-3-11-8(6)10/h2-4H,1H3. The summed E-state index contributed by atoms with van der Waals surface area (Å²) >= 11 is 1.66. The molecule has 0 saturated carbocycles. The van der Waals surface area contributed by atoms with E-state index in [0.717, 1.165) is 11.1 Å². The van der Waals surface area contributed by atoms with Gasteiger partial charge in [0.1, 0.15) is 16.6 Å². The molecule has 2 aromatic rings. The highest BCUT2D eigenvalue weighted by molar-refractivity contribution is 7.16. The molecule has 0 N–H and O–H groups in total. The van der Waals surface area contributed by atoms with Gasteiger partial charge in [0.05, 0.1) is 0 Å². The maximum atomic E-state index is 8.67. The third-order valence-electron chi connectivity index (χ3n) is 1.75. The zero-order chi connectivity index (χ0) is 7.84. The molecule has 11 heavy (non-hydrogen) atoms. The van der Waals surface area contributed by atoms with Crippen LogP contribution in [0.5, 0.6) is 0 Å². The van der Waals surface area contributed by atoms with Gasteiger partial charge < -0.3 is 4.57 Å². The molecule has 2 nitrogen and oxygen atoms in total. The molecule has 0 aliphatic carbocycles. The summed E-state index contributed by atoms with van der Waals surface area (Å²) in [5.41, 5.74) is 0.729. The number of hydrogen-bond donors (Lipinski definition) is 0. The first-order valence-corrected chi connectivity index (χ1v) is 4.14. The molecule has 0 saturated heterocycles. The Balaban J connectivity index is 2.90. The predicted octanol–water partition coefficient (Wildman–Crippen LogP) is 2.11. The number of thiophene rings is 1. The Morgan fingerprint density at radius 3 is 3.09 bits per heavy atom. The SMILES string of the molecule is Cn1c(C#N)cc2ccsc21. The second-order valence-electron chi connectivity index (χ2n) is 2.38. The Hall–Kier alpha value is -1.27. The average molecular weight is 162 g/mol. The van der Waals surface area contributed by atoms with E-state index < -0.39 is 0 Å². The summed E-state index contributed by atoms with van der Waals surface area (Å²) in [5.74, 6) is 0. The first-order valence-electron chi connectivity index (χ1n) is 3.26. The van der Waals surface area contributed by atoms with Crippen molar-refractivity contribution in [2.45, 2.75) is 0 Å². The van der Waals surface area contributed by atoms with Crippen LogP contribution in [0.1, 0.15) is 5.69 Å². The normalized spacial score (nSPS) is 10.2. The fraction of sp³-hybridized carbons (Fsp3) is 0.125. The second-order valence-corrected chi connectivity index (χ2v) is 3.28. The Kier molecular flexibility index (Phi) is 1.23. The van der Waals surface area contributed by atoms with Crippen molar-refractivity contribution >= 4 is 21.6 Å². The van der Waals surface area contributed by atoms with Crippen LogP contribution < -0.4 is 0 Å². The molecule has 0 unspecified atom stereocenters. The van der Waals surface area contributed by atoms with Crippen molar-refractivity contribution < 1.29 is 0 Å². The minimum atomic E-state index is 0.729. The molecule has 2 rings (SSSR count). The van der Waals surface area contributed by atoms with Crippen LogP contribution in [0.2, 0.25) is 0 Å². The number of nitrogens with zero attached hydrogens (tertiary/aromatic N) is 2. The van der Waals surface area contributed by atoms with E-state index in [-0.39, 0.29) is 0 Å². The Bertz CT molecular complexity index is 430. The molecule has 0 fully saturated rings. The smallest absolute Gasteiger partial charge is 0.121 e. The summed E-state index contributed by atoms with van der Waals surface area (Å²) in [6.07, 6.45) is 0. The topological polar surface area (TPSA) is 28.7 Å². The summed E-state index contributed by atoms with van der Waals surface area (Å²) in [5, 5.41) is 11.9. The predicted molar refractivity (Wildman–Crippen MR) is 45.5 cm³/mol. The van der Waals surface area contributed by atoms with E-state index >= 15 is 0 Å². The second kappa shape index (κ2) is 2.11. The fourth-order valence-electron chi connectivity index (χ4n) is 1.15. The third kappa shape index (κ3) is 0.765. The van der Waals surface area contributed by atoms with Crippen molar-refractivity contribution in [3.8, 4) is 6.07 Å². The summed E-state index contributed by atoms with van der Waals surface area (Å²) in [6, 6.07) is 6.08. The quantitative estimate of drug-likeness (QED) is 0.583. The first kappa shape index (κ1) is 6.44. The van der Waals surface area contributed by atoms with Crippen LogP contribution in [-0.4, -0.2) is 4.57 Å². The van der Waals surface area contributed by atoms with Crippen molar-refractivity contribution in [3.63, 3.8) is 0 Å². The van der Waals surface area contributed by atoms with Crippen molar-refractivity contribution in [1.82, 2.24) is 4.57 Å². The molecule has 2 aromatic heterocycles. The number of rotatable bonds is 0. The van der Waals surface area contributed by atoms with E-state index in [1.807, 2.05) is 29.1 Å². The van der Waals surface area contributed by atoms with E-state index in [2.05, 4.69) is 6.07 Å². The highest BCUT2D eigenvalue weighted by Gasteiger charge is 2.04. The zero-order valence-electron chi connectivity index (χ0n) is 6.03. The Morgan fingerprint density at radius 2 is 2.45 bits per heavy atom. The number of aromatic nitrogens is 1. The third-order valence-corrected chi connectivity index (χ3v) is 2.75. The first-order chi connectivity index (χ1) is 5.33. The van der Waals surface area contributed by atoms with Crippen LogP contribution in [-0.2, 0) is 7.05 Å². The number of aryl methyl sites for hydroxylation is 1. The minimum Gasteiger partial charge on any atom is -0.327 e. The average Bonchev–Trinajstić information content (AvgIpc) is 2.53. The Labute approximate surface area is 68.3 Å². The molecule has 0 bridgehead atoms. The summed E-state index contributed by atoms with van der Waals surface area (Å²) in [4.78, 5) is 1.17. The Morgan fingerprint density at radius 1 is 1.64 bits per heavy atom. The molecule has 0 aromatic carbocycles. The van der Waals surface area contributed by atoms with Crippen LogP contribution in [0.3, 0.4) is 0 Å². The molecule has 3 heteroatoms. The van der Waals surface area contributed by atoms with Crippen LogP contribution in [0.15, 0.2) is 17.5 Å². The van der Waals surface area contributed by atoms with Gasteiger partial charge in [-0.2, -0.15) is 5.26 Å². The van der Waals surface area contributed by atoms with Crippen LogP contribution >= 0.6 is 11.3 Å². The van der Waals surface area contributed by atoms with E-state index in [1.165, 1.54) is 4.83 Å². The number of nitriles is 1. The van der Waals surface area contributed by atoms with Gasteiger partial charge in [-0.3, -0.25) is 0 Å². The van der Waals surface area contributed by atoms with Gasteiger partial charge in [0.25, 0.3) is 0 Å². The van der Waals surface area contributed by atoms with Gasteiger partial charge in [-0.05, 0) is 17.5 Å². The minimum absolute atomic E-state index is 0.729. The van der Waals surface area contributed by atoms with E-state index in [4.69, 9.17) is 5.26 Å².